The van der Waals surface area contributed by atoms with E-state index in [-0.39, 0.29) is 0 Å². The number of para-hydroxylation sites is 1. The van der Waals surface area contributed by atoms with E-state index < -0.39 is 0 Å². The van der Waals surface area contributed by atoms with Crippen molar-refractivity contribution in [2.75, 3.05) is 37.8 Å². The first-order valence-corrected chi connectivity index (χ1v) is 11.2. The second-order valence-corrected chi connectivity index (χ2v) is 7.78. The molecule has 4 aromatic rings. The predicted molar refractivity (Wildman–Crippen MR) is 128 cm³/mol. The minimum atomic E-state index is 0.333. The van der Waals surface area contributed by atoms with Gasteiger partial charge in [-0.3, -0.25) is 4.99 Å². The van der Waals surface area contributed by atoms with Crippen LogP contribution in [0.4, 0.5) is 5.95 Å². The van der Waals surface area contributed by atoms with Crippen molar-refractivity contribution in [3.8, 4) is 6.01 Å². The highest BCUT2D eigenvalue weighted by Gasteiger charge is 2.17. The van der Waals surface area contributed by atoms with Crippen LogP contribution < -0.4 is 9.64 Å². The van der Waals surface area contributed by atoms with Crippen molar-refractivity contribution in [3.63, 3.8) is 0 Å². The normalized spacial score (nSPS) is 14.2. The molecule has 5 rings (SSSR count). The lowest BCUT2D eigenvalue weighted by molar-refractivity contribution is 0.122. The van der Waals surface area contributed by atoms with Crippen LogP contribution in [0.2, 0.25) is 0 Å². The third-order valence-electron chi connectivity index (χ3n) is 5.49. The number of morpholine rings is 1. The van der Waals surface area contributed by atoms with Gasteiger partial charge in [-0.1, -0.05) is 48.5 Å². The van der Waals surface area contributed by atoms with Crippen LogP contribution in [0.15, 0.2) is 65.8 Å². The molecule has 1 fully saturated rings. The third-order valence-corrected chi connectivity index (χ3v) is 5.49. The van der Waals surface area contributed by atoms with Crippen LogP contribution >= 0.6 is 0 Å². The monoisotopic (exact) mass is 442 g/mol. The van der Waals surface area contributed by atoms with Crippen molar-refractivity contribution >= 4 is 23.1 Å². The van der Waals surface area contributed by atoms with Gasteiger partial charge in [0.05, 0.1) is 26.4 Å². The molecule has 8 heteroatoms. The van der Waals surface area contributed by atoms with E-state index in [1.54, 1.807) is 0 Å². The largest absolute Gasteiger partial charge is 0.463 e. The first-order chi connectivity index (χ1) is 16.3. The van der Waals surface area contributed by atoms with Crippen LogP contribution in [0, 0.1) is 0 Å². The summed E-state index contributed by atoms with van der Waals surface area (Å²) in [4.78, 5) is 23.7. The summed E-state index contributed by atoms with van der Waals surface area (Å²) >= 11 is 0. The lowest BCUT2D eigenvalue weighted by atomic mass is 10.2. The summed E-state index contributed by atoms with van der Waals surface area (Å²) in [6.45, 7) is 3.63. The summed E-state index contributed by atoms with van der Waals surface area (Å²) < 4.78 is 11.4. The second kappa shape index (κ2) is 10.2. The number of anilines is 1. The molecule has 1 saturated heterocycles. The minimum absolute atomic E-state index is 0.333. The van der Waals surface area contributed by atoms with Gasteiger partial charge in [-0.05, 0) is 11.6 Å². The van der Waals surface area contributed by atoms with E-state index in [0.29, 0.717) is 44.1 Å². The van der Waals surface area contributed by atoms with Gasteiger partial charge >= 0.3 is 6.01 Å². The Morgan fingerprint density at radius 1 is 1.00 bits per heavy atom. The zero-order valence-corrected chi connectivity index (χ0v) is 18.4. The summed E-state index contributed by atoms with van der Waals surface area (Å²) in [5.74, 6) is 1.19. The molecule has 0 saturated carbocycles. The highest BCUT2D eigenvalue weighted by atomic mass is 16.5. The zero-order chi connectivity index (χ0) is 22.3. The summed E-state index contributed by atoms with van der Waals surface area (Å²) in [7, 11) is 0. The molecule has 0 bridgehead atoms. The van der Waals surface area contributed by atoms with Gasteiger partial charge in [-0.2, -0.15) is 15.0 Å². The number of hydrogen-bond donors (Lipinski definition) is 1. The Morgan fingerprint density at radius 2 is 1.82 bits per heavy atom. The van der Waals surface area contributed by atoms with Gasteiger partial charge in [-0.25, -0.2) is 0 Å². The van der Waals surface area contributed by atoms with E-state index in [0.717, 1.165) is 36.0 Å². The molecule has 8 nitrogen and oxygen atoms in total. The number of hydrogen-bond acceptors (Lipinski definition) is 7. The van der Waals surface area contributed by atoms with Crippen molar-refractivity contribution in [2.45, 2.75) is 13.0 Å². The minimum Gasteiger partial charge on any atom is -0.463 e. The number of H-pyrrole nitrogens is 1. The lowest BCUT2D eigenvalue weighted by Crippen LogP contribution is -2.37. The molecule has 3 heterocycles. The van der Waals surface area contributed by atoms with E-state index in [1.807, 2.05) is 48.8 Å². The number of nitrogens with zero attached hydrogens (tertiary/aromatic N) is 5. The van der Waals surface area contributed by atoms with Gasteiger partial charge in [0.2, 0.25) is 5.95 Å². The van der Waals surface area contributed by atoms with Crippen molar-refractivity contribution in [1.82, 2.24) is 19.9 Å². The fourth-order valence-corrected chi connectivity index (χ4v) is 3.76. The number of fused-ring (bicyclic) bond motifs is 1. The molecule has 168 valence electrons. The Bertz CT molecular complexity index is 1220. The maximum absolute atomic E-state index is 5.91. The SMILES string of the molecule is C(=NCc1nc(OCCc2ccccc2)nc(N2CCOCC2)n1)c1c[nH]c2ccccc12. The molecule has 33 heavy (non-hydrogen) atoms. The van der Waals surface area contributed by atoms with E-state index in [9.17, 15) is 0 Å². The Balaban J connectivity index is 1.31. The molecule has 0 spiro atoms. The van der Waals surface area contributed by atoms with Crippen molar-refractivity contribution in [3.05, 3.63) is 77.7 Å². The Morgan fingerprint density at radius 3 is 2.70 bits per heavy atom. The first-order valence-electron chi connectivity index (χ1n) is 11.2. The van der Waals surface area contributed by atoms with Gasteiger partial charge in [0, 0.05) is 48.4 Å². The highest BCUT2D eigenvalue weighted by Crippen LogP contribution is 2.17. The molecule has 2 aromatic carbocycles. The van der Waals surface area contributed by atoms with Gasteiger partial charge < -0.3 is 19.4 Å². The average molecular weight is 443 g/mol. The number of ether oxygens (including phenoxy) is 2. The van der Waals surface area contributed by atoms with Crippen LogP contribution in [0.5, 0.6) is 6.01 Å². The number of aromatic nitrogens is 4. The topological polar surface area (TPSA) is 88.5 Å². The highest BCUT2D eigenvalue weighted by molar-refractivity contribution is 5.98. The summed E-state index contributed by atoms with van der Waals surface area (Å²) in [5, 5.41) is 1.14. The number of rotatable bonds is 8. The van der Waals surface area contributed by atoms with Crippen LogP contribution in [-0.4, -0.2) is 59.1 Å². The van der Waals surface area contributed by atoms with E-state index in [4.69, 9.17) is 9.47 Å². The predicted octanol–water partition coefficient (Wildman–Crippen LogP) is 3.43. The Kier molecular flexibility index (Phi) is 6.53. The fourth-order valence-electron chi connectivity index (χ4n) is 3.76. The van der Waals surface area contributed by atoms with Gasteiger partial charge in [-0.15, -0.1) is 0 Å². The molecular formula is C25H26N6O2. The number of nitrogens with one attached hydrogen (secondary N) is 1. The first kappa shape index (κ1) is 21.1. The van der Waals surface area contributed by atoms with Crippen LogP contribution in [0.1, 0.15) is 17.0 Å². The van der Waals surface area contributed by atoms with Crippen LogP contribution in [-0.2, 0) is 17.7 Å². The van der Waals surface area contributed by atoms with Crippen LogP contribution in [0.3, 0.4) is 0 Å². The van der Waals surface area contributed by atoms with Gasteiger partial charge in [0.25, 0.3) is 0 Å². The number of aromatic amines is 1. The third kappa shape index (κ3) is 5.35. The second-order valence-electron chi connectivity index (χ2n) is 7.78. The number of benzene rings is 2. The smallest absolute Gasteiger partial charge is 0.321 e. The maximum atomic E-state index is 5.91. The molecule has 1 N–H and O–H groups in total. The number of aliphatic imine (C=N–C) groups is 1. The molecule has 1 aliphatic rings. The lowest BCUT2D eigenvalue weighted by Gasteiger charge is -2.26. The van der Waals surface area contributed by atoms with E-state index in [2.05, 4.69) is 48.0 Å². The van der Waals surface area contributed by atoms with Crippen molar-refractivity contribution in [2.24, 2.45) is 4.99 Å². The molecule has 0 aliphatic carbocycles. The van der Waals surface area contributed by atoms with E-state index >= 15 is 0 Å². The van der Waals surface area contributed by atoms with E-state index in [1.165, 1.54) is 5.56 Å². The summed E-state index contributed by atoms with van der Waals surface area (Å²) in [6, 6.07) is 18.7. The molecule has 0 unspecified atom stereocenters. The van der Waals surface area contributed by atoms with Crippen molar-refractivity contribution in [1.29, 1.82) is 0 Å². The zero-order valence-electron chi connectivity index (χ0n) is 18.4. The molecular weight excluding hydrogens is 416 g/mol. The fraction of sp³-hybridized carbons (Fsp3) is 0.280. The molecule has 0 radical (unpaired) electrons. The average Bonchev–Trinajstić information content (AvgIpc) is 3.28. The standard InChI is InChI=1S/C25H26N6O2/c1-2-6-19(7-3-1)10-13-33-25-29-23(28-24(30-25)31-11-14-32-15-12-31)18-26-16-20-17-27-22-9-5-4-8-21(20)22/h1-9,16-17,27H,10-15,18H2. The maximum Gasteiger partial charge on any atom is 0.321 e. The molecule has 1 aliphatic heterocycles. The molecule has 0 atom stereocenters. The molecule has 0 amide bonds. The quantitative estimate of drug-likeness (QED) is 0.421. The van der Waals surface area contributed by atoms with Gasteiger partial charge in [0.15, 0.2) is 5.82 Å². The molecule has 2 aromatic heterocycles. The Labute approximate surface area is 192 Å². The summed E-state index contributed by atoms with van der Waals surface area (Å²) in [5.41, 5.74) is 3.33. The van der Waals surface area contributed by atoms with Crippen LogP contribution in [0.25, 0.3) is 10.9 Å². The summed E-state index contributed by atoms with van der Waals surface area (Å²) in [6.07, 6.45) is 4.60. The van der Waals surface area contributed by atoms with Crippen molar-refractivity contribution < 1.29 is 9.47 Å². The van der Waals surface area contributed by atoms with Gasteiger partial charge in [0.1, 0.15) is 0 Å². The Hall–Kier alpha value is -3.78.